The van der Waals surface area contributed by atoms with Crippen LogP contribution in [0.4, 0.5) is 13.2 Å². The Labute approximate surface area is 120 Å². The summed E-state index contributed by atoms with van der Waals surface area (Å²) in [6.45, 7) is 1.49. The summed E-state index contributed by atoms with van der Waals surface area (Å²) in [6, 6.07) is 9.54. The van der Waals surface area contributed by atoms with Gasteiger partial charge in [0.25, 0.3) is 0 Å². The molecule has 0 amide bonds. The van der Waals surface area contributed by atoms with Crippen molar-refractivity contribution in [3.8, 4) is 5.75 Å². The number of benzene rings is 2. The minimum atomic E-state index is -4.41. The average Bonchev–Trinajstić information content (AvgIpc) is 2.45. The number of rotatable bonds is 3. The second-order valence-electron chi connectivity index (χ2n) is 4.59. The first-order valence-electron chi connectivity index (χ1n) is 6.19. The second kappa shape index (κ2) is 5.60. The van der Waals surface area contributed by atoms with E-state index < -0.39 is 11.7 Å². The van der Waals surface area contributed by atoms with Crippen LogP contribution in [0.2, 0.25) is 0 Å². The molecule has 2 rings (SSSR count). The van der Waals surface area contributed by atoms with Crippen LogP contribution in [0.25, 0.3) is 0 Å². The third-order valence-electron chi connectivity index (χ3n) is 3.15. The molecule has 0 spiro atoms. The predicted octanol–water partition coefficient (Wildman–Crippen LogP) is 4.25. The zero-order valence-electron chi connectivity index (χ0n) is 11.5. The summed E-state index contributed by atoms with van der Waals surface area (Å²) in [4.78, 5) is 12.3. The number of hydrogen-bond acceptors (Lipinski definition) is 2. The fourth-order valence-corrected chi connectivity index (χ4v) is 1.99. The number of hydrogen-bond donors (Lipinski definition) is 0. The van der Waals surface area contributed by atoms with Crippen LogP contribution in [0.1, 0.15) is 27.0 Å². The molecule has 0 aliphatic carbocycles. The van der Waals surface area contributed by atoms with Crippen LogP contribution in [-0.2, 0) is 6.18 Å². The molecular weight excluding hydrogens is 281 g/mol. The van der Waals surface area contributed by atoms with Crippen LogP contribution < -0.4 is 4.74 Å². The molecule has 0 heterocycles. The normalized spacial score (nSPS) is 11.3. The standard InChI is InChI=1S/C16H13F3O2/c1-10-9-12(16(17,18)19)5-8-14(10)15(20)11-3-6-13(21-2)7-4-11/h3-9H,1-2H3. The van der Waals surface area contributed by atoms with Gasteiger partial charge in [0.05, 0.1) is 12.7 Å². The molecule has 0 aromatic heterocycles. The maximum Gasteiger partial charge on any atom is 0.416 e. The van der Waals surface area contributed by atoms with E-state index in [0.717, 1.165) is 12.1 Å². The van der Waals surface area contributed by atoms with Gasteiger partial charge < -0.3 is 4.74 Å². The Balaban J connectivity index is 2.35. The van der Waals surface area contributed by atoms with Crippen LogP contribution in [0.5, 0.6) is 5.75 Å². The molecule has 110 valence electrons. The van der Waals surface area contributed by atoms with Crippen LogP contribution in [0.3, 0.4) is 0 Å². The van der Waals surface area contributed by atoms with Crippen molar-refractivity contribution in [2.45, 2.75) is 13.1 Å². The van der Waals surface area contributed by atoms with Gasteiger partial charge in [0.1, 0.15) is 5.75 Å². The molecule has 0 N–H and O–H groups in total. The van der Waals surface area contributed by atoms with Gasteiger partial charge in [-0.1, -0.05) is 6.07 Å². The number of halogens is 3. The van der Waals surface area contributed by atoms with E-state index in [1.54, 1.807) is 24.3 Å². The molecule has 0 fully saturated rings. The Hall–Kier alpha value is -2.30. The summed E-state index contributed by atoms with van der Waals surface area (Å²) < 4.78 is 42.8. The molecule has 2 nitrogen and oxygen atoms in total. The van der Waals surface area contributed by atoms with Crippen LogP contribution >= 0.6 is 0 Å². The van der Waals surface area contributed by atoms with Crippen LogP contribution in [-0.4, -0.2) is 12.9 Å². The minimum absolute atomic E-state index is 0.258. The fraction of sp³-hybridized carbons (Fsp3) is 0.188. The number of carbonyl (C=O) groups excluding carboxylic acids is 1. The number of ether oxygens (including phenoxy) is 1. The SMILES string of the molecule is COc1ccc(C(=O)c2ccc(C(F)(F)F)cc2C)cc1. The topological polar surface area (TPSA) is 26.3 Å². The van der Waals surface area contributed by atoms with Crippen molar-refractivity contribution in [1.82, 2.24) is 0 Å². The van der Waals surface area contributed by atoms with Crippen molar-refractivity contribution >= 4 is 5.78 Å². The van der Waals surface area contributed by atoms with E-state index in [9.17, 15) is 18.0 Å². The summed E-state index contributed by atoms with van der Waals surface area (Å²) in [5, 5.41) is 0. The van der Waals surface area contributed by atoms with Gasteiger partial charge in [0.15, 0.2) is 5.78 Å². The maximum absolute atomic E-state index is 12.6. The Bertz CT molecular complexity index is 658. The molecular formula is C16H13F3O2. The molecule has 21 heavy (non-hydrogen) atoms. The number of aryl methyl sites for hydroxylation is 1. The van der Waals surface area contributed by atoms with Crippen molar-refractivity contribution in [3.63, 3.8) is 0 Å². The smallest absolute Gasteiger partial charge is 0.416 e. The summed E-state index contributed by atoms with van der Waals surface area (Å²) in [7, 11) is 1.51. The molecule has 0 bridgehead atoms. The van der Waals surface area contributed by atoms with Crippen molar-refractivity contribution < 1.29 is 22.7 Å². The van der Waals surface area contributed by atoms with E-state index in [2.05, 4.69) is 0 Å². The van der Waals surface area contributed by atoms with Gasteiger partial charge >= 0.3 is 6.18 Å². The lowest BCUT2D eigenvalue weighted by Gasteiger charge is -2.10. The van der Waals surface area contributed by atoms with E-state index >= 15 is 0 Å². The molecule has 0 radical (unpaired) electrons. The third-order valence-corrected chi connectivity index (χ3v) is 3.15. The van der Waals surface area contributed by atoms with Gasteiger partial charge in [-0.3, -0.25) is 4.79 Å². The van der Waals surface area contributed by atoms with Gasteiger partial charge in [-0.05, 0) is 48.9 Å². The van der Waals surface area contributed by atoms with Crippen LogP contribution in [0, 0.1) is 6.92 Å². The highest BCUT2D eigenvalue weighted by Gasteiger charge is 2.31. The van der Waals surface area contributed by atoms with E-state index in [1.165, 1.54) is 20.1 Å². The van der Waals surface area contributed by atoms with E-state index in [1.807, 2.05) is 0 Å². The molecule has 0 aliphatic heterocycles. The highest BCUT2D eigenvalue weighted by Crippen LogP contribution is 2.31. The van der Waals surface area contributed by atoms with E-state index in [0.29, 0.717) is 16.9 Å². The number of carbonyl (C=O) groups is 1. The first-order chi connectivity index (χ1) is 9.82. The zero-order chi connectivity index (χ0) is 15.6. The summed E-state index contributed by atoms with van der Waals surface area (Å²) >= 11 is 0. The minimum Gasteiger partial charge on any atom is -0.497 e. The molecule has 2 aromatic rings. The Morgan fingerprint density at radius 2 is 1.67 bits per heavy atom. The molecule has 0 aliphatic rings. The monoisotopic (exact) mass is 294 g/mol. The fourth-order valence-electron chi connectivity index (χ4n) is 1.99. The Kier molecular flexibility index (Phi) is 4.02. The summed E-state index contributed by atoms with van der Waals surface area (Å²) in [5.74, 6) is 0.291. The van der Waals surface area contributed by atoms with E-state index in [4.69, 9.17) is 4.74 Å². The summed E-state index contributed by atoms with van der Waals surface area (Å²) in [5.41, 5.74) is 0.198. The zero-order valence-corrected chi connectivity index (χ0v) is 11.5. The first kappa shape index (κ1) is 15.1. The number of alkyl halides is 3. The number of methoxy groups -OCH3 is 1. The second-order valence-corrected chi connectivity index (χ2v) is 4.59. The largest absolute Gasteiger partial charge is 0.497 e. The van der Waals surface area contributed by atoms with Gasteiger partial charge in [-0.25, -0.2) is 0 Å². The highest BCUT2D eigenvalue weighted by atomic mass is 19.4. The molecule has 0 saturated carbocycles. The Morgan fingerprint density at radius 1 is 1.05 bits per heavy atom. The van der Waals surface area contributed by atoms with Gasteiger partial charge in [-0.15, -0.1) is 0 Å². The predicted molar refractivity (Wildman–Crippen MR) is 72.6 cm³/mol. The Morgan fingerprint density at radius 3 is 2.14 bits per heavy atom. The lowest BCUT2D eigenvalue weighted by molar-refractivity contribution is -0.137. The van der Waals surface area contributed by atoms with Crippen molar-refractivity contribution in [2.75, 3.05) is 7.11 Å². The lowest BCUT2D eigenvalue weighted by Crippen LogP contribution is -2.09. The quantitative estimate of drug-likeness (QED) is 0.791. The van der Waals surface area contributed by atoms with Gasteiger partial charge in [0, 0.05) is 11.1 Å². The van der Waals surface area contributed by atoms with E-state index in [-0.39, 0.29) is 11.3 Å². The molecule has 5 heteroatoms. The van der Waals surface area contributed by atoms with Gasteiger partial charge in [0.2, 0.25) is 0 Å². The molecule has 0 atom stereocenters. The highest BCUT2D eigenvalue weighted by molar-refractivity contribution is 6.09. The van der Waals surface area contributed by atoms with Crippen molar-refractivity contribution in [1.29, 1.82) is 0 Å². The number of ketones is 1. The average molecular weight is 294 g/mol. The summed E-state index contributed by atoms with van der Waals surface area (Å²) in [6.07, 6.45) is -4.41. The van der Waals surface area contributed by atoms with Crippen molar-refractivity contribution in [3.05, 3.63) is 64.7 Å². The molecule has 2 aromatic carbocycles. The molecule has 0 saturated heterocycles. The first-order valence-corrected chi connectivity index (χ1v) is 6.19. The van der Waals surface area contributed by atoms with Crippen LogP contribution in [0.15, 0.2) is 42.5 Å². The lowest BCUT2D eigenvalue weighted by atomic mass is 9.97. The maximum atomic E-state index is 12.6. The van der Waals surface area contributed by atoms with Gasteiger partial charge in [-0.2, -0.15) is 13.2 Å². The van der Waals surface area contributed by atoms with Crippen molar-refractivity contribution in [2.24, 2.45) is 0 Å². The molecule has 0 unspecified atom stereocenters. The third kappa shape index (κ3) is 3.24.